The lowest BCUT2D eigenvalue weighted by Gasteiger charge is -2.14. The molecule has 1 heterocycles. The van der Waals surface area contributed by atoms with Crippen LogP contribution in [0.1, 0.15) is 5.56 Å². The smallest absolute Gasteiger partial charge is 0.165 e. The first kappa shape index (κ1) is 19.0. The molecule has 0 saturated heterocycles. The molecule has 7 heteroatoms. The zero-order valence-corrected chi connectivity index (χ0v) is 16.3. The molecule has 0 aliphatic rings. The zero-order chi connectivity index (χ0) is 20.2. The van der Waals surface area contributed by atoms with Crippen molar-refractivity contribution < 1.29 is 13.9 Å². The Labute approximate surface area is 172 Å². The van der Waals surface area contributed by atoms with Crippen LogP contribution in [0.2, 0.25) is 5.02 Å². The first-order valence-electron chi connectivity index (χ1n) is 8.86. The summed E-state index contributed by atoms with van der Waals surface area (Å²) in [5, 5.41) is 3.67. The Morgan fingerprint density at radius 2 is 1.83 bits per heavy atom. The van der Waals surface area contributed by atoms with Crippen molar-refractivity contribution in [2.45, 2.75) is 6.61 Å². The maximum atomic E-state index is 14.3. The lowest BCUT2D eigenvalue weighted by atomic mass is 10.2. The first-order valence-corrected chi connectivity index (χ1v) is 9.24. The van der Waals surface area contributed by atoms with Crippen molar-refractivity contribution in [1.29, 1.82) is 0 Å². The van der Waals surface area contributed by atoms with Gasteiger partial charge in [-0.2, -0.15) is 0 Å². The van der Waals surface area contributed by atoms with Gasteiger partial charge in [0.2, 0.25) is 0 Å². The van der Waals surface area contributed by atoms with Crippen molar-refractivity contribution in [1.82, 2.24) is 9.97 Å². The number of benzene rings is 3. The van der Waals surface area contributed by atoms with Crippen LogP contribution in [-0.4, -0.2) is 17.1 Å². The van der Waals surface area contributed by atoms with Gasteiger partial charge in [0, 0.05) is 11.5 Å². The Morgan fingerprint density at radius 3 is 2.62 bits per heavy atom. The topological polar surface area (TPSA) is 56.3 Å². The average molecular weight is 410 g/mol. The van der Waals surface area contributed by atoms with E-state index < -0.39 is 5.82 Å². The molecule has 29 heavy (non-hydrogen) atoms. The van der Waals surface area contributed by atoms with Gasteiger partial charge in [-0.25, -0.2) is 14.4 Å². The Hall–Kier alpha value is -3.38. The summed E-state index contributed by atoms with van der Waals surface area (Å²) in [5.41, 5.74) is 1.89. The fraction of sp³-hybridized carbons (Fsp3) is 0.0909. The second-order valence-corrected chi connectivity index (χ2v) is 6.65. The standard InChI is InChI=1S/C22H17ClFN3O2/c1-28-19-10-15-18(11-20(19)29-12-14-6-3-2-4-7-14)25-13-26-22(15)27-17-9-5-8-16(23)21(17)24/h2-11,13H,12H2,1H3,(H,25,26,27). The molecule has 4 rings (SSSR count). The van der Waals surface area contributed by atoms with E-state index in [9.17, 15) is 4.39 Å². The van der Waals surface area contributed by atoms with Gasteiger partial charge in [-0.05, 0) is 23.8 Å². The molecule has 5 nitrogen and oxygen atoms in total. The Balaban J connectivity index is 1.68. The predicted octanol–water partition coefficient (Wildman–Crippen LogP) is 5.75. The van der Waals surface area contributed by atoms with Crippen molar-refractivity contribution in [2.75, 3.05) is 12.4 Å². The molecule has 0 radical (unpaired) electrons. The normalized spacial score (nSPS) is 10.7. The third kappa shape index (κ3) is 4.07. The van der Waals surface area contributed by atoms with E-state index in [2.05, 4.69) is 15.3 Å². The Morgan fingerprint density at radius 1 is 1.00 bits per heavy atom. The highest BCUT2D eigenvalue weighted by molar-refractivity contribution is 6.31. The molecule has 146 valence electrons. The molecule has 1 aromatic heterocycles. The fourth-order valence-corrected chi connectivity index (χ4v) is 3.07. The van der Waals surface area contributed by atoms with Crippen molar-refractivity contribution in [3.63, 3.8) is 0 Å². The summed E-state index contributed by atoms with van der Waals surface area (Å²) in [6, 6.07) is 18.1. The van der Waals surface area contributed by atoms with Gasteiger partial charge in [-0.3, -0.25) is 0 Å². The van der Waals surface area contributed by atoms with E-state index in [1.165, 1.54) is 12.4 Å². The van der Waals surface area contributed by atoms with Gasteiger partial charge in [0.05, 0.1) is 23.3 Å². The SMILES string of the molecule is COc1cc2c(Nc3cccc(Cl)c3F)ncnc2cc1OCc1ccccc1. The molecule has 0 saturated carbocycles. The third-order valence-corrected chi connectivity index (χ3v) is 4.65. The summed E-state index contributed by atoms with van der Waals surface area (Å²) in [4.78, 5) is 8.55. The van der Waals surface area contributed by atoms with Crippen molar-refractivity contribution in [3.05, 3.63) is 83.4 Å². The quantitative estimate of drug-likeness (QED) is 0.439. The summed E-state index contributed by atoms with van der Waals surface area (Å²) in [7, 11) is 1.56. The van der Waals surface area contributed by atoms with Crippen LogP contribution >= 0.6 is 11.6 Å². The van der Waals surface area contributed by atoms with Crippen LogP contribution in [0.3, 0.4) is 0 Å². The van der Waals surface area contributed by atoms with Crippen LogP contribution < -0.4 is 14.8 Å². The van der Waals surface area contributed by atoms with E-state index >= 15 is 0 Å². The molecule has 0 aliphatic heterocycles. The molecule has 3 aromatic carbocycles. The number of fused-ring (bicyclic) bond motifs is 1. The van der Waals surface area contributed by atoms with Gasteiger partial charge in [0.25, 0.3) is 0 Å². The summed E-state index contributed by atoms with van der Waals surface area (Å²) in [5.74, 6) is 0.972. The largest absolute Gasteiger partial charge is 0.493 e. The minimum Gasteiger partial charge on any atom is -0.493 e. The summed E-state index contributed by atoms with van der Waals surface area (Å²) in [6.45, 7) is 0.395. The maximum absolute atomic E-state index is 14.3. The van der Waals surface area contributed by atoms with Crippen LogP contribution in [-0.2, 0) is 6.61 Å². The number of rotatable bonds is 6. The van der Waals surface area contributed by atoms with Gasteiger partial charge in [0.15, 0.2) is 17.3 Å². The predicted molar refractivity (Wildman–Crippen MR) is 112 cm³/mol. The third-order valence-electron chi connectivity index (χ3n) is 4.36. The maximum Gasteiger partial charge on any atom is 0.165 e. The van der Waals surface area contributed by atoms with Gasteiger partial charge in [-0.1, -0.05) is 48.0 Å². The van der Waals surface area contributed by atoms with Crippen LogP contribution in [0.25, 0.3) is 10.9 Å². The minimum atomic E-state index is -0.546. The van der Waals surface area contributed by atoms with Gasteiger partial charge < -0.3 is 14.8 Å². The van der Waals surface area contributed by atoms with E-state index in [-0.39, 0.29) is 10.7 Å². The molecule has 0 atom stereocenters. The summed E-state index contributed by atoms with van der Waals surface area (Å²) < 4.78 is 25.7. The molecule has 4 aromatic rings. The number of hydrogen-bond acceptors (Lipinski definition) is 5. The number of ether oxygens (including phenoxy) is 2. The molecular weight excluding hydrogens is 393 g/mol. The van der Waals surface area contributed by atoms with Crippen molar-refractivity contribution >= 4 is 34.0 Å². The highest BCUT2D eigenvalue weighted by Crippen LogP contribution is 2.35. The number of aromatic nitrogens is 2. The van der Waals surface area contributed by atoms with E-state index in [0.717, 1.165) is 5.56 Å². The van der Waals surface area contributed by atoms with Gasteiger partial charge >= 0.3 is 0 Å². The molecular formula is C22H17ClFN3O2. The lowest BCUT2D eigenvalue weighted by Crippen LogP contribution is -2.01. The highest BCUT2D eigenvalue weighted by Gasteiger charge is 2.14. The molecule has 0 aliphatic carbocycles. The molecule has 0 spiro atoms. The number of methoxy groups -OCH3 is 1. The highest BCUT2D eigenvalue weighted by atomic mass is 35.5. The number of nitrogens with one attached hydrogen (secondary N) is 1. The van der Waals surface area contributed by atoms with Crippen molar-refractivity contribution in [3.8, 4) is 11.5 Å². The Bertz CT molecular complexity index is 1160. The van der Waals surface area contributed by atoms with Crippen LogP contribution in [0.5, 0.6) is 11.5 Å². The van der Waals surface area contributed by atoms with Crippen LogP contribution in [0, 0.1) is 5.82 Å². The molecule has 1 N–H and O–H groups in total. The number of nitrogens with zero attached hydrogens (tertiary/aromatic N) is 2. The van der Waals surface area contributed by atoms with E-state index in [0.29, 0.717) is 34.8 Å². The van der Waals surface area contributed by atoms with E-state index in [1.807, 2.05) is 30.3 Å². The number of hydrogen-bond donors (Lipinski definition) is 1. The second-order valence-electron chi connectivity index (χ2n) is 6.24. The summed E-state index contributed by atoms with van der Waals surface area (Å²) in [6.07, 6.45) is 1.40. The minimum absolute atomic E-state index is 0.0301. The number of halogens is 2. The Kier molecular flexibility index (Phi) is 5.44. The molecule has 0 fully saturated rings. The van der Waals surface area contributed by atoms with Crippen molar-refractivity contribution in [2.24, 2.45) is 0 Å². The van der Waals surface area contributed by atoms with Crippen LogP contribution in [0.4, 0.5) is 15.9 Å². The fourth-order valence-electron chi connectivity index (χ4n) is 2.90. The van der Waals surface area contributed by atoms with E-state index in [4.69, 9.17) is 21.1 Å². The zero-order valence-electron chi connectivity index (χ0n) is 15.5. The first-order chi connectivity index (χ1) is 14.2. The van der Waals surface area contributed by atoms with E-state index in [1.54, 1.807) is 31.4 Å². The molecule has 0 amide bonds. The summed E-state index contributed by atoms with van der Waals surface area (Å²) >= 11 is 5.87. The molecule has 0 unspecified atom stereocenters. The number of anilines is 2. The second kappa shape index (κ2) is 8.32. The van der Waals surface area contributed by atoms with Gasteiger partial charge in [-0.15, -0.1) is 0 Å². The van der Waals surface area contributed by atoms with Crippen LogP contribution in [0.15, 0.2) is 67.0 Å². The monoisotopic (exact) mass is 409 g/mol. The lowest BCUT2D eigenvalue weighted by molar-refractivity contribution is 0.285. The van der Waals surface area contributed by atoms with Gasteiger partial charge in [0.1, 0.15) is 18.8 Å². The molecule has 0 bridgehead atoms. The average Bonchev–Trinajstić information content (AvgIpc) is 2.75.